The first-order chi connectivity index (χ1) is 8.83. The van der Waals surface area contributed by atoms with Gasteiger partial charge in [0.05, 0.1) is 18.3 Å². The van der Waals surface area contributed by atoms with Gasteiger partial charge in [-0.05, 0) is 36.6 Å². The number of carbonyl (C=O) groups excluding carboxylic acids is 1. The van der Waals surface area contributed by atoms with Crippen LogP contribution in [0, 0.1) is 0 Å². The van der Waals surface area contributed by atoms with E-state index >= 15 is 0 Å². The van der Waals surface area contributed by atoms with Gasteiger partial charge in [-0.2, -0.15) is 0 Å². The number of benzene rings is 1. The van der Waals surface area contributed by atoms with Gasteiger partial charge in [0.2, 0.25) is 0 Å². The lowest BCUT2D eigenvalue weighted by Crippen LogP contribution is -2.19. The van der Waals surface area contributed by atoms with Crippen molar-refractivity contribution in [2.75, 3.05) is 19.8 Å². The molecule has 2 aliphatic heterocycles. The van der Waals surface area contributed by atoms with Crippen LogP contribution in [0.4, 0.5) is 0 Å². The highest BCUT2D eigenvalue weighted by Gasteiger charge is 2.20. The summed E-state index contributed by atoms with van der Waals surface area (Å²) in [6.45, 7) is 1.88. The van der Waals surface area contributed by atoms with Crippen molar-refractivity contribution in [3.8, 4) is 5.75 Å². The summed E-state index contributed by atoms with van der Waals surface area (Å²) in [7, 11) is 0. The van der Waals surface area contributed by atoms with E-state index in [4.69, 9.17) is 14.2 Å². The number of rotatable bonds is 3. The fourth-order valence-electron chi connectivity index (χ4n) is 2.36. The van der Waals surface area contributed by atoms with E-state index in [0.717, 1.165) is 37.2 Å². The molecule has 1 fully saturated rings. The van der Waals surface area contributed by atoms with Crippen LogP contribution in [-0.4, -0.2) is 31.9 Å². The summed E-state index contributed by atoms with van der Waals surface area (Å²) in [6, 6.07) is 5.53. The summed E-state index contributed by atoms with van der Waals surface area (Å²) in [6.07, 6.45) is 3.16. The highest BCUT2D eigenvalue weighted by atomic mass is 16.5. The molecule has 1 aromatic carbocycles. The number of hydrogen-bond donors (Lipinski definition) is 0. The van der Waals surface area contributed by atoms with Crippen molar-refractivity contribution < 1.29 is 19.0 Å². The molecule has 0 aliphatic carbocycles. The molecule has 2 aliphatic rings. The molecule has 2 heterocycles. The number of cyclic esters (lactones) is 1. The van der Waals surface area contributed by atoms with Crippen LogP contribution in [0.3, 0.4) is 0 Å². The fraction of sp³-hybridized carbons (Fsp3) is 0.500. The van der Waals surface area contributed by atoms with Gasteiger partial charge in [-0.25, -0.2) is 4.79 Å². The van der Waals surface area contributed by atoms with Crippen LogP contribution in [0.25, 0.3) is 0 Å². The van der Waals surface area contributed by atoms with Gasteiger partial charge >= 0.3 is 5.97 Å². The van der Waals surface area contributed by atoms with E-state index in [1.165, 1.54) is 0 Å². The molecule has 96 valence electrons. The summed E-state index contributed by atoms with van der Waals surface area (Å²) < 4.78 is 16.2. The third kappa shape index (κ3) is 2.34. The number of fused-ring (bicyclic) bond motifs is 1. The maximum Gasteiger partial charge on any atom is 0.338 e. The second-order valence-electron chi connectivity index (χ2n) is 4.65. The van der Waals surface area contributed by atoms with Crippen LogP contribution in [0.5, 0.6) is 5.75 Å². The second-order valence-corrected chi connectivity index (χ2v) is 4.65. The Labute approximate surface area is 106 Å². The van der Waals surface area contributed by atoms with E-state index in [-0.39, 0.29) is 12.1 Å². The average molecular weight is 248 g/mol. The van der Waals surface area contributed by atoms with Crippen LogP contribution < -0.4 is 4.74 Å². The zero-order chi connectivity index (χ0) is 12.4. The van der Waals surface area contributed by atoms with Crippen molar-refractivity contribution in [1.82, 2.24) is 0 Å². The van der Waals surface area contributed by atoms with Crippen molar-refractivity contribution in [2.45, 2.75) is 25.4 Å². The van der Waals surface area contributed by atoms with Crippen LogP contribution in [0.1, 0.15) is 28.8 Å². The Balaban J connectivity index is 1.67. The first kappa shape index (κ1) is 11.5. The Morgan fingerprint density at radius 3 is 3.11 bits per heavy atom. The van der Waals surface area contributed by atoms with Crippen molar-refractivity contribution >= 4 is 5.97 Å². The minimum Gasteiger partial charge on any atom is -0.491 e. The number of ether oxygens (including phenoxy) is 3. The van der Waals surface area contributed by atoms with Gasteiger partial charge in [-0.1, -0.05) is 0 Å². The minimum atomic E-state index is -0.234. The molecule has 1 atom stereocenters. The summed E-state index contributed by atoms with van der Waals surface area (Å²) in [5.74, 6) is 0.570. The first-order valence-electron chi connectivity index (χ1n) is 6.37. The van der Waals surface area contributed by atoms with E-state index in [1.54, 1.807) is 6.07 Å². The summed E-state index contributed by atoms with van der Waals surface area (Å²) in [4.78, 5) is 11.5. The Kier molecular flexibility index (Phi) is 3.19. The number of esters is 1. The van der Waals surface area contributed by atoms with E-state index in [0.29, 0.717) is 18.8 Å². The van der Waals surface area contributed by atoms with Crippen molar-refractivity contribution in [3.63, 3.8) is 0 Å². The van der Waals surface area contributed by atoms with Crippen LogP contribution in [-0.2, 0) is 15.9 Å². The van der Waals surface area contributed by atoms with Crippen molar-refractivity contribution in [3.05, 3.63) is 29.3 Å². The molecule has 1 aromatic rings. The molecule has 0 spiro atoms. The lowest BCUT2D eigenvalue weighted by atomic mass is 10.0. The SMILES string of the molecule is O=C1OCCc2cc(OC[C@@H]3CCCO3)ccc21. The van der Waals surface area contributed by atoms with E-state index < -0.39 is 0 Å². The predicted octanol–water partition coefficient (Wildman–Crippen LogP) is 1.96. The molecule has 4 nitrogen and oxygen atoms in total. The van der Waals surface area contributed by atoms with Gasteiger partial charge in [0.25, 0.3) is 0 Å². The van der Waals surface area contributed by atoms with Gasteiger partial charge in [0.15, 0.2) is 0 Å². The van der Waals surface area contributed by atoms with Crippen LogP contribution in [0.2, 0.25) is 0 Å². The Hall–Kier alpha value is -1.55. The smallest absolute Gasteiger partial charge is 0.338 e. The molecule has 3 rings (SSSR count). The highest BCUT2D eigenvalue weighted by Crippen LogP contribution is 2.23. The molecule has 0 saturated carbocycles. The normalized spacial score (nSPS) is 22.4. The monoisotopic (exact) mass is 248 g/mol. The molecular weight excluding hydrogens is 232 g/mol. The topological polar surface area (TPSA) is 44.8 Å². The molecule has 0 amide bonds. The van der Waals surface area contributed by atoms with Gasteiger partial charge in [0.1, 0.15) is 12.4 Å². The van der Waals surface area contributed by atoms with Crippen molar-refractivity contribution in [2.24, 2.45) is 0 Å². The summed E-state index contributed by atoms with van der Waals surface area (Å²) >= 11 is 0. The third-order valence-corrected chi connectivity index (χ3v) is 3.36. The van der Waals surface area contributed by atoms with Gasteiger partial charge in [-0.15, -0.1) is 0 Å². The molecular formula is C14H16O4. The molecule has 18 heavy (non-hydrogen) atoms. The molecule has 0 bridgehead atoms. The number of hydrogen-bond acceptors (Lipinski definition) is 4. The van der Waals surface area contributed by atoms with E-state index in [9.17, 15) is 4.79 Å². The predicted molar refractivity (Wildman–Crippen MR) is 64.9 cm³/mol. The Morgan fingerprint density at radius 2 is 2.28 bits per heavy atom. The summed E-state index contributed by atoms with van der Waals surface area (Å²) in [5.41, 5.74) is 1.67. The minimum absolute atomic E-state index is 0.214. The molecule has 1 saturated heterocycles. The molecule has 0 aromatic heterocycles. The van der Waals surface area contributed by atoms with E-state index in [2.05, 4.69) is 0 Å². The lowest BCUT2D eigenvalue weighted by molar-refractivity contribution is 0.0479. The largest absolute Gasteiger partial charge is 0.491 e. The first-order valence-corrected chi connectivity index (χ1v) is 6.37. The molecule has 4 heteroatoms. The summed E-state index contributed by atoms with van der Waals surface area (Å²) in [5, 5.41) is 0. The van der Waals surface area contributed by atoms with Crippen molar-refractivity contribution in [1.29, 1.82) is 0 Å². The standard InChI is InChI=1S/C14H16O4/c15-14-13-4-3-11(8-10(13)5-7-17-14)18-9-12-2-1-6-16-12/h3-4,8,12H,1-2,5-7,9H2/t12-/m0/s1. The maximum atomic E-state index is 11.5. The molecule has 0 unspecified atom stereocenters. The Bertz CT molecular complexity index is 449. The van der Waals surface area contributed by atoms with Crippen LogP contribution in [0.15, 0.2) is 18.2 Å². The number of carbonyl (C=O) groups is 1. The van der Waals surface area contributed by atoms with E-state index in [1.807, 2.05) is 12.1 Å². The van der Waals surface area contributed by atoms with Gasteiger partial charge in [-0.3, -0.25) is 0 Å². The zero-order valence-electron chi connectivity index (χ0n) is 10.2. The van der Waals surface area contributed by atoms with Gasteiger partial charge in [0, 0.05) is 13.0 Å². The fourth-order valence-corrected chi connectivity index (χ4v) is 2.36. The second kappa shape index (κ2) is 4.98. The van der Waals surface area contributed by atoms with Gasteiger partial charge < -0.3 is 14.2 Å². The molecule has 0 N–H and O–H groups in total. The third-order valence-electron chi connectivity index (χ3n) is 3.36. The Morgan fingerprint density at radius 1 is 1.33 bits per heavy atom. The maximum absolute atomic E-state index is 11.5. The zero-order valence-corrected chi connectivity index (χ0v) is 10.2. The quantitative estimate of drug-likeness (QED) is 0.767. The molecule has 0 radical (unpaired) electrons. The average Bonchev–Trinajstić information content (AvgIpc) is 2.90. The highest BCUT2D eigenvalue weighted by molar-refractivity contribution is 5.92. The van der Waals surface area contributed by atoms with Crippen LogP contribution >= 0.6 is 0 Å². The lowest BCUT2D eigenvalue weighted by Gasteiger charge is -2.17.